The monoisotopic (exact) mass is 421 g/mol. The molecule has 0 bridgehead atoms. The van der Waals surface area contributed by atoms with Crippen LogP contribution < -0.4 is 5.32 Å². The van der Waals surface area contributed by atoms with Crippen LogP contribution in [0.1, 0.15) is 36.5 Å². The highest BCUT2D eigenvalue weighted by molar-refractivity contribution is 7.89. The first kappa shape index (κ1) is 20.9. The Bertz CT molecular complexity index is 1060. The highest BCUT2D eigenvalue weighted by atomic mass is 32.2. The minimum atomic E-state index is -3.78. The summed E-state index contributed by atoms with van der Waals surface area (Å²) >= 11 is 0. The number of amides is 1. The van der Waals surface area contributed by atoms with Gasteiger partial charge < -0.3 is 5.32 Å². The van der Waals surface area contributed by atoms with E-state index in [-0.39, 0.29) is 27.9 Å². The Morgan fingerprint density at radius 3 is 2.69 bits per heavy atom. The van der Waals surface area contributed by atoms with Crippen molar-refractivity contribution in [1.29, 1.82) is 0 Å². The number of carbonyl (C=O) groups is 1. The molecule has 154 valence electrons. The molecule has 2 aromatic carbocycles. The molecule has 0 spiro atoms. The number of nitro benzene ring substituents is 1. The van der Waals surface area contributed by atoms with Gasteiger partial charge in [0.15, 0.2) is 0 Å². The Hall–Kier alpha value is -2.85. The van der Waals surface area contributed by atoms with Crippen LogP contribution >= 0.6 is 0 Å². The number of nitrogens with one attached hydrogen (secondary N) is 1. The second-order valence-electron chi connectivity index (χ2n) is 6.86. The van der Waals surface area contributed by atoms with Gasteiger partial charge in [-0.3, -0.25) is 14.9 Å². The maximum Gasteiger partial charge on any atom is 0.271 e. The molecule has 1 unspecified atom stereocenters. The van der Waals surface area contributed by atoms with Gasteiger partial charge in [0.05, 0.1) is 15.5 Å². The Labute approximate surface area is 167 Å². The lowest BCUT2D eigenvalue weighted by molar-refractivity contribution is -0.384. The van der Waals surface area contributed by atoms with Crippen molar-refractivity contribution in [3.8, 4) is 0 Å². The Balaban J connectivity index is 1.87. The summed E-state index contributed by atoms with van der Waals surface area (Å²) in [7, 11) is -3.78. The first-order chi connectivity index (χ1) is 13.7. The molecule has 2 aromatic rings. The fourth-order valence-corrected chi connectivity index (χ4v) is 5.03. The van der Waals surface area contributed by atoms with Gasteiger partial charge in [0, 0.05) is 30.3 Å². The van der Waals surface area contributed by atoms with Crippen molar-refractivity contribution in [2.75, 3.05) is 11.9 Å². The first-order valence-corrected chi connectivity index (χ1v) is 10.5. The average molecular weight is 421 g/mol. The predicted octanol–water partition coefficient (Wildman–Crippen LogP) is 3.55. The van der Waals surface area contributed by atoms with Crippen LogP contribution in [0.15, 0.2) is 47.4 Å². The Morgan fingerprint density at radius 1 is 1.24 bits per heavy atom. The summed E-state index contributed by atoms with van der Waals surface area (Å²) in [5.74, 6) is -1.61. The van der Waals surface area contributed by atoms with Gasteiger partial charge in [0.1, 0.15) is 5.82 Å². The Morgan fingerprint density at radius 2 is 2.00 bits per heavy atom. The molecule has 8 nitrogen and oxygen atoms in total. The number of benzene rings is 2. The van der Waals surface area contributed by atoms with E-state index in [1.807, 2.05) is 6.92 Å². The summed E-state index contributed by atoms with van der Waals surface area (Å²) in [6.07, 6.45) is 2.51. The smallest absolute Gasteiger partial charge is 0.271 e. The van der Waals surface area contributed by atoms with E-state index in [2.05, 4.69) is 5.32 Å². The molecule has 1 aliphatic rings. The van der Waals surface area contributed by atoms with E-state index in [0.29, 0.717) is 6.54 Å². The number of halogens is 1. The fraction of sp³-hybridized carbons (Fsp3) is 0.316. The molecule has 1 atom stereocenters. The fourth-order valence-electron chi connectivity index (χ4n) is 3.28. The lowest BCUT2D eigenvalue weighted by Crippen LogP contribution is -2.41. The predicted molar refractivity (Wildman–Crippen MR) is 105 cm³/mol. The average Bonchev–Trinajstić information content (AvgIpc) is 2.69. The third-order valence-corrected chi connectivity index (χ3v) is 6.86. The number of hydrogen-bond donors (Lipinski definition) is 1. The summed E-state index contributed by atoms with van der Waals surface area (Å²) in [5, 5.41) is 13.1. The molecule has 1 amide bonds. The van der Waals surface area contributed by atoms with Crippen LogP contribution in [0.4, 0.5) is 15.8 Å². The van der Waals surface area contributed by atoms with Crippen molar-refractivity contribution in [3.05, 3.63) is 64.0 Å². The highest BCUT2D eigenvalue weighted by Gasteiger charge is 2.31. The summed E-state index contributed by atoms with van der Waals surface area (Å²) < 4.78 is 41.3. The molecule has 0 aromatic heterocycles. The van der Waals surface area contributed by atoms with Crippen molar-refractivity contribution in [2.24, 2.45) is 0 Å². The molecule has 3 rings (SSSR count). The zero-order valence-corrected chi connectivity index (χ0v) is 16.5. The zero-order chi connectivity index (χ0) is 21.2. The second-order valence-corrected chi connectivity index (χ2v) is 8.75. The molecule has 10 heteroatoms. The van der Waals surface area contributed by atoms with Gasteiger partial charge in [-0.05, 0) is 44.0 Å². The normalized spacial score (nSPS) is 17.7. The minimum absolute atomic E-state index is 0.00152. The van der Waals surface area contributed by atoms with E-state index in [4.69, 9.17) is 0 Å². The van der Waals surface area contributed by atoms with Crippen LogP contribution in [-0.2, 0) is 10.0 Å². The molecule has 0 saturated carbocycles. The third kappa shape index (κ3) is 4.43. The number of rotatable bonds is 5. The van der Waals surface area contributed by atoms with Crippen LogP contribution in [0.25, 0.3) is 0 Å². The minimum Gasteiger partial charge on any atom is -0.319 e. The molecule has 0 aliphatic carbocycles. The van der Waals surface area contributed by atoms with Crippen LogP contribution in [0.3, 0.4) is 0 Å². The van der Waals surface area contributed by atoms with E-state index in [9.17, 15) is 27.7 Å². The second kappa shape index (κ2) is 8.26. The van der Waals surface area contributed by atoms with Crippen molar-refractivity contribution >= 4 is 27.3 Å². The number of carbonyl (C=O) groups excluding carboxylic acids is 1. The summed E-state index contributed by atoms with van der Waals surface area (Å²) in [5.41, 5.74) is -0.735. The molecule has 1 N–H and O–H groups in total. The maximum atomic E-state index is 13.9. The third-order valence-electron chi connectivity index (χ3n) is 4.85. The molecule has 1 saturated heterocycles. The molecular weight excluding hydrogens is 401 g/mol. The van der Waals surface area contributed by atoms with Crippen molar-refractivity contribution in [2.45, 2.75) is 37.1 Å². The van der Waals surface area contributed by atoms with E-state index < -0.39 is 26.7 Å². The van der Waals surface area contributed by atoms with E-state index in [0.717, 1.165) is 37.5 Å². The summed E-state index contributed by atoms with van der Waals surface area (Å²) in [4.78, 5) is 22.6. The van der Waals surface area contributed by atoms with Crippen LogP contribution in [0.5, 0.6) is 0 Å². The number of piperidine rings is 1. The van der Waals surface area contributed by atoms with Crippen molar-refractivity contribution < 1.29 is 22.5 Å². The highest BCUT2D eigenvalue weighted by Crippen LogP contribution is 2.26. The van der Waals surface area contributed by atoms with Gasteiger partial charge in [-0.25, -0.2) is 12.8 Å². The zero-order valence-electron chi connectivity index (χ0n) is 15.7. The van der Waals surface area contributed by atoms with Crippen LogP contribution in [-0.4, -0.2) is 36.1 Å². The van der Waals surface area contributed by atoms with Crippen molar-refractivity contribution in [1.82, 2.24) is 4.31 Å². The number of non-ortho nitro benzene ring substituents is 1. The van der Waals surface area contributed by atoms with Gasteiger partial charge in [0.2, 0.25) is 10.0 Å². The Kier molecular flexibility index (Phi) is 5.94. The SMILES string of the molecule is CC1CCCCN1S(=O)(=O)c1cccc(C(=O)Nc2cc([N+](=O)[O-])ccc2F)c1. The van der Waals surface area contributed by atoms with Gasteiger partial charge in [-0.2, -0.15) is 4.31 Å². The molecule has 1 heterocycles. The molecule has 0 radical (unpaired) electrons. The molecular formula is C19H20FN3O5S. The van der Waals surface area contributed by atoms with Crippen LogP contribution in [0, 0.1) is 15.9 Å². The van der Waals surface area contributed by atoms with Gasteiger partial charge >= 0.3 is 0 Å². The molecule has 1 fully saturated rings. The number of anilines is 1. The first-order valence-electron chi connectivity index (χ1n) is 9.07. The topological polar surface area (TPSA) is 110 Å². The van der Waals surface area contributed by atoms with Gasteiger partial charge in [-0.15, -0.1) is 0 Å². The van der Waals surface area contributed by atoms with Gasteiger partial charge in [0.25, 0.3) is 11.6 Å². The number of sulfonamides is 1. The van der Waals surface area contributed by atoms with E-state index in [1.165, 1.54) is 28.6 Å². The summed E-state index contributed by atoms with van der Waals surface area (Å²) in [6.45, 7) is 2.26. The number of hydrogen-bond acceptors (Lipinski definition) is 5. The largest absolute Gasteiger partial charge is 0.319 e. The lowest BCUT2D eigenvalue weighted by atomic mass is 10.1. The lowest BCUT2D eigenvalue weighted by Gasteiger charge is -2.32. The van der Waals surface area contributed by atoms with Crippen molar-refractivity contribution in [3.63, 3.8) is 0 Å². The van der Waals surface area contributed by atoms with Crippen LogP contribution in [0.2, 0.25) is 0 Å². The van der Waals surface area contributed by atoms with E-state index in [1.54, 1.807) is 0 Å². The quantitative estimate of drug-likeness (QED) is 0.586. The standard InChI is InChI=1S/C19H20FN3O5S/c1-13-5-2-3-10-22(13)29(27,28)16-7-4-6-14(11-16)19(24)21-18-12-15(23(25)26)8-9-17(18)20/h4,6-9,11-13H,2-3,5,10H2,1H3,(H,21,24). The maximum absolute atomic E-state index is 13.9. The van der Waals surface area contributed by atoms with Gasteiger partial charge in [-0.1, -0.05) is 12.5 Å². The molecule has 29 heavy (non-hydrogen) atoms. The molecule has 1 aliphatic heterocycles. The number of nitrogens with zero attached hydrogens (tertiary/aromatic N) is 2. The summed E-state index contributed by atoms with van der Waals surface area (Å²) in [6, 6.07) is 8.09. The van der Waals surface area contributed by atoms with E-state index >= 15 is 0 Å². The number of nitro groups is 1.